The van der Waals surface area contributed by atoms with E-state index in [1.807, 2.05) is 11.8 Å². The van der Waals surface area contributed by atoms with E-state index in [0.29, 0.717) is 18.1 Å². The van der Waals surface area contributed by atoms with E-state index >= 15 is 0 Å². The molecule has 1 aliphatic heterocycles. The Morgan fingerprint density at radius 2 is 2.43 bits per heavy atom. The number of hydrogen-bond acceptors (Lipinski definition) is 3. The molecule has 0 bridgehead atoms. The molecule has 1 amide bonds. The molecule has 1 unspecified atom stereocenters. The van der Waals surface area contributed by atoms with E-state index in [-0.39, 0.29) is 11.9 Å². The van der Waals surface area contributed by atoms with Gasteiger partial charge in [0.25, 0.3) is 0 Å². The van der Waals surface area contributed by atoms with Gasteiger partial charge in [0.2, 0.25) is 5.91 Å². The fourth-order valence-corrected chi connectivity index (χ4v) is 2.04. The molecule has 1 aliphatic rings. The predicted octanol–water partition coefficient (Wildman–Crippen LogP) is -0.127. The molecule has 0 spiro atoms. The summed E-state index contributed by atoms with van der Waals surface area (Å²) in [5, 5.41) is 2.77. The van der Waals surface area contributed by atoms with Crippen LogP contribution in [0.25, 0.3) is 0 Å². The average Bonchev–Trinajstić information content (AvgIpc) is 2.52. The van der Waals surface area contributed by atoms with Crippen LogP contribution in [0, 0.1) is 0 Å². The van der Waals surface area contributed by atoms with Gasteiger partial charge in [-0.25, -0.2) is 0 Å². The third-order valence-electron chi connectivity index (χ3n) is 2.41. The average molecular weight is 215 g/mol. The van der Waals surface area contributed by atoms with Crippen LogP contribution in [0.3, 0.4) is 0 Å². The summed E-state index contributed by atoms with van der Waals surface area (Å²) < 4.78 is 0. The highest BCUT2D eigenvalue weighted by atomic mass is 32.1. The molecular formula is C9H17N3OS. The summed E-state index contributed by atoms with van der Waals surface area (Å²) in [5.74, 6) is 0.0515. The lowest BCUT2D eigenvalue weighted by Gasteiger charge is -2.22. The van der Waals surface area contributed by atoms with Crippen molar-refractivity contribution in [1.82, 2.24) is 10.2 Å². The van der Waals surface area contributed by atoms with Crippen molar-refractivity contribution in [3.8, 4) is 0 Å². The van der Waals surface area contributed by atoms with E-state index in [0.717, 1.165) is 19.4 Å². The quantitative estimate of drug-likeness (QED) is 0.642. The van der Waals surface area contributed by atoms with E-state index in [2.05, 4.69) is 5.32 Å². The van der Waals surface area contributed by atoms with E-state index < -0.39 is 0 Å². The maximum Gasteiger partial charge on any atom is 0.234 e. The number of amides is 1. The third-order valence-corrected chi connectivity index (χ3v) is 2.68. The largest absolute Gasteiger partial charge is 0.392 e. The molecule has 3 N–H and O–H groups in total. The fraction of sp³-hybridized carbons (Fsp3) is 0.778. The minimum atomic E-state index is 0.0515. The molecule has 0 radical (unpaired) electrons. The summed E-state index contributed by atoms with van der Waals surface area (Å²) in [6, 6.07) is 0.118. The molecule has 1 heterocycles. The lowest BCUT2D eigenvalue weighted by atomic mass is 10.2. The van der Waals surface area contributed by atoms with Crippen molar-refractivity contribution in [2.75, 3.05) is 19.6 Å². The normalized spacial score (nSPS) is 22.2. The van der Waals surface area contributed by atoms with Gasteiger partial charge < -0.3 is 11.1 Å². The first-order chi connectivity index (χ1) is 6.65. The van der Waals surface area contributed by atoms with Crippen LogP contribution in [0.15, 0.2) is 0 Å². The molecule has 5 heteroatoms. The minimum Gasteiger partial charge on any atom is -0.392 e. The number of rotatable bonds is 4. The standard InChI is InChI=1S/C9H17N3OS/c1-2-11-8(13)6-12-5-3-4-7(12)9(10)14/h7H,2-6H2,1H3,(H2,10,14)(H,11,13). The molecule has 14 heavy (non-hydrogen) atoms. The summed E-state index contributed by atoms with van der Waals surface area (Å²) in [7, 11) is 0. The van der Waals surface area contributed by atoms with Crippen LogP contribution < -0.4 is 11.1 Å². The third kappa shape index (κ3) is 2.92. The molecule has 0 aromatic carbocycles. The number of carbonyl (C=O) groups is 1. The van der Waals surface area contributed by atoms with Gasteiger partial charge >= 0.3 is 0 Å². The molecule has 1 rings (SSSR count). The smallest absolute Gasteiger partial charge is 0.234 e. The van der Waals surface area contributed by atoms with Gasteiger partial charge in [-0.05, 0) is 26.3 Å². The molecular weight excluding hydrogens is 198 g/mol. The lowest BCUT2D eigenvalue weighted by Crippen LogP contribution is -2.44. The maximum absolute atomic E-state index is 11.3. The minimum absolute atomic E-state index is 0.0515. The van der Waals surface area contributed by atoms with Crippen molar-refractivity contribution < 1.29 is 4.79 Å². The summed E-state index contributed by atoms with van der Waals surface area (Å²) in [5.41, 5.74) is 5.60. The Hall–Kier alpha value is -0.680. The first kappa shape index (κ1) is 11.4. The maximum atomic E-state index is 11.3. The number of nitrogens with two attached hydrogens (primary N) is 1. The molecule has 1 fully saturated rings. The second-order valence-electron chi connectivity index (χ2n) is 3.48. The van der Waals surface area contributed by atoms with Crippen molar-refractivity contribution in [3.63, 3.8) is 0 Å². The summed E-state index contributed by atoms with van der Waals surface area (Å²) >= 11 is 4.95. The Labute approximate surface area is 89.8 Å². The van der Waals surface area contributed by atoms with Gasteiger partial charge in [-0.3, -0.25) is 9.69 Å². The molecule has 0 aromatic rings. The van der Waals surface area contributed by atoms with Gasteiger partial charge in [-0.15, -0.1) is 0 Å². The Morgan fingerprint density at radius 1 is 1.71 bits per heavy atom. The highest BCUT2D eigenvalue weighted by Gasteiger charge is 2.27. The van der Waals surface area contributed by atoms with Gasteiger partial charge in [0.05, 0.1) is 17.6 Å². The van der Waals surface area contributed by atoms with Crippen molar-refractivity contribution in [1.29, 1.82) is 0 Å². The van der Waals surface area contributed by atoms with Gasteiger partial charge in [-0.2, -0.15) is 0 Å². The number of thiocarbonyl (C=S) groups is 1. The number of hydrogen-bond donors (Lipinski definition) is 2. The zero-order chi connectivity index (χ0) is 10.6. The zero-order valence-corrected chi connectivity index (χ0v) is 9.27. The first-order valence-electron chi connectivity index (χ1n) is 4.95. The molecule has 4 nitrogen and oxygen atoms in total. The SMILES string of the molecule is CCNC(=O)CN1CCCC1C(N)=S. The Kier molecular flexibility index (Phi) is 4.28. The van der Waals surface area contributed by atoms with Gasteiger partial charge in [0, 0.05) is 6.54 Å². The molecule has 0 aromatic heterocycles. The van der Waals surface area contributed by atoms with Gasteiger partial charge in [0.1, 0.15) is 0 Å². The van der Waals surface area contributed by atoms with Crippen molar-refractivity contribution in [3.05, 3.63) is 0 Å². The highest BCUT2D eigenvalue weighted by molar-refractivity contribution is 7.80. The van der Waals surface area contributed by atoms with Gasteiger partial charge in [-0.1, -0.05) is 12.2 Å². The number of nitrogens with zero attached hydrogens (tertiary/aromatic N) is 1. The van der Waals surface area contributed by atoms with E-state index in [9.17, 15) is 4.79 Å². The van der Waals surface area contributed by atoms with Crippen molar-refractivity contribution in [2.45, 2.75) is 25.8 Å². The lowest BCUT2D eigenvalue weighted by molar-refractivity contribution is -0.122. The number of likely N-dealkylation sites (tertiary alicyclic amines) is 1. The van der Waals surface area contributed by atoms with E-state index in [1.165, 1.54) is 0 Å². The number of carbonyl (C=O) groups excluding carboxylic acids is 1. The summed E-state index contributed by atoms with van der Waals surface area (Å²) in [6.07, 6.45) is 2.05. The highest BCUT2D eigenvalue weighted by Crippen LogP contribution is 2.16. The van der Waals surface area contributed by atoms with Crippen LogP contribution in [0.4, 0.5) is 0 Å². The van der Waals surface area contributed by atoms with Crippen molar-refractivity contribution >= 4 is 23.1 Å². The first-order valence-corrected chi connectivity index (χ1v) is 5.36. The van der Waals surface area contributed by atoms with E-state index in [1.54, 1.807) is 0 Å². The van der Waals surface area contributed by atoms with Crippen LogP contribution in [-0.2, 0) is 4.79 Å². The predicted molar refractivity (Wildman–Crippen MR) is 60.1 cm³/mol. The zero-order valence-electron chi connectivity index (χ0n) is 8.45. The monoisotopic (exact) mass is 215 g/mol. The second kappa shape index (κ2) is 5.26. The van der Waals surface area contributed by atoms with Crippen LogP contribution in [0.1, 0.15) is 19.8 Å². The van der Waals surface area contributed by atoms with E-state index in [4.69, 9.17) is 18.0 Å². The summed E-state index contributed by atoms with van der Waals surface area (Å²) in [6.45, 7) is 3.91. The molecule has 80 valence electrons. The molecule has 1 saturated heterocycles. The Bertz CT molecular complexity index is 232. The van der Waals surface area contributed by atoms with Crippen LogP contribution in [0.5, 0.6) is 0 Å². The number of likely N-dealkylation sites (N-methyl/N-ethyl adjacent to an activating group) is 1. The Balaban J connectivity index is 2.43. The van der Waals surface area contributed by atoms with Crippen LogP contribution in [0.2, 0.25) is 0 Å². The topological polar surface area (TPSA) is 58.4 Å². The fourth-order valence-electron chi connectivity index (χ4n) is 1.78. The Morgan fingerprint density at radius 3 is 3.00 bits per heavy atom. The van der Waals surface area contributed by atoms with Crippen LogP contribution >= 0.6 is 12.2 Å². The molecule has 0 aliphatic carbocycles. The molecule has 1 atom stereocenters. The summed E-state index contributed by atoms with van der Waals surface area (Å²) in [4.78, 5) is 13.9. The van der Waals surface area contributed by atoms with Gasteiger partial charge in [0.15, 0.2) is 0 Å². The van der Waals surface area contributed by atoms with Crippen LogP contribution in [-0.4, -0.2) is 41.5 Å². The second-order valence-corrected chi connectivity index (χ2v) is 3.96. The number of nitrogens with one attached hydrogen (secondary N) is 1. The van der Waals surface area contributed by atoms with Crippen molar-refractivity contribution in [2.24, 2.45) is 5.73 Å². The molecule has 0 saturated carbocycles.